The summed E-state index contributed by atoms with van der Waals surface area (Å²) < 4.78 is 0. The Kier molecular flexibility index (Phi) is 4.07. The molecule has 2 rings (SSSR count). The number of benzene rings is 1. The van der Waals surface area contributed by atoms with Crippen LogP contribution in [0.4, 0.5) is 5.69 Å². The predicted molar refractivity (Wildman–Crippen MR) is 72.6 cm³/mol. The first-order chi connectivity index (χ1) is 8.15. The number of carbonyl (C=O) groups is 1. The van der Waals surface area contributed by atoms with Crippen LogP contribution in [0.15, 0.2) is 23.1 Å². The molecule has 4 heteroatoms. The van der Waals surface area contributed by atoms with Gasteiger partial charge in [0.25, 0.3) is 0 Å². The van der Waals surface area contributed by atoms with Crippen molar-refractivity contribution in [2.24, 2.45) is 0 Å². The van der Waals surface area contributed by atoms with Gasteiger partial charge in [-0.15, -0.1) is 11.8 Å². The molecule has 1 aliphatic rings. The Balaban J connectivity index is 2.00. The van der Waals surface area contributed by atoms with E-state index in [1.807, 2.05) is 0 Å². The topological polar surface area (TPSA) is 41.1 Å². The van der Waals surface area contributed by atoms with Gasteiger partial charge in [-0.1, -0.05) is 19.9 Å². The summed E-state index contributed by atoms with van der Waals surface area (Å²) in [6.07, 6.45) is 0.992. The second kappa shape index (κ2) is 5.56. The normalized spacial score (nSPS) is 14.6. The first-order valence-electron chi connectivity index (χ1n) is 5.94. The molecule has 0 atom stereocenters. The van der Waals surface area contributed by atoms with Gasteiger partial charge in [-0.25, -0.2) is 0 Å². The standard InChI is InChI=1S/C13H18N2OS/c1-9(2)14-6-5-10-3-4-12-11(7-10)15-13(16)8-17-12/h3-4,7,9,14H,5-6,8H2,1-2H3,(H,15,16). The van der Waals surface area contributed by atoms with E-state index in [2.05, 4.69) is 42.7 Å². The third-order valence-corrected chi connectivity index (χ3v) is 3.72. The first-order valence-corrected chi connectivity index (χ1v) is 6.92. The SMILES string of the molecule is CC(C)NCCc1ccc2c(c1)NC(=O)CS2. The van der Waals surface area contributed by atoms with Crippen molar-refractivity contribution in [3.05, 3.63) is 23.8 Å². The monoisotopic (exact) mass is 250 g/mol. The molecule has 0 fully saturated rings. The smallest absolute Gasteiger partial charge is 0.234 e. The molecule has 0 aromatic heterocycles. The molecule has 0 unspecified atom stereocenters. The Bertz CT molecular complexity index is 418. The van der Waals surface area contributed by atoms with Crippen LogP contribution in [0.2, 0.25) is 0 Å². The summed E-state index contributed by atoms with van der Waals surface area (Å²) in [4.78, 5) is 12.5. The Morgan fingerprint density at radius 1 is 1.47 bits per heavy atom. The highest BCUT2D eigenvalue weighted by atomic mass is 32.2. The summed E-state index contributed by atoms with van der Waals surface area (Å²) in [6, 6.07) is 6.85. The molecule has 1 amide bonds. The number of rotatable bonds is 4. The van der Waals surface area contributed by atoms with Gasteiger partial charge in [-0.2, -0.15) is 0 Å². The van der Waals surface area contributed by atoms with Crippen molar-refractivity contribution in [1.82, 2.24) is 5.32 Å². The van der Waals surface area contributed by atoms with Crippen molar-refractivity contribution < 1.29 is 4.79 Å². The summed E-state index contributed by atoms with van der Waals surface area (Å²) in [7, 11) is 0. The average Bonchev–Trinajstić information content (AvgIpc) is 2.28. The van der Waals surface area contributed by atoms with Crippen LogP contribution in [0.3, 0.4) is 0 Å². The lowest BCUT2D eigenvalue weighted by Gasteiger charge is -2.17. The van der Waals surface area contributed by atoms with Gasteiger partial charge in [0.05, 0.1) is 11.4 Å². The summed E-state index contributed by atoms with van der Waals surface area (Å²) in [6.45, 7) is 5.25. The summed E-state index contributed by atoms with van der Waals surface area (Å²) in [5.74, 6) is 0.626. The van der Waals surface area contributed by atoms with Crippen LogP contribution in [0.25, 0.3) is 0 Å². The summed E-state index contributed by atoms with van der Waals surface area (Å²) in [5.41, 5.74) is 2.23. The molecule has 0 aliphatic carbocycles. The molecule has 92 valence electrons. The van der Waals surface area contributed by atoms with E-state index in [1.165, 1.54) is 10.5 Å². The van der Waals surface area contributed by atoms with Crippen LogP contribution in [0.5, 0.6) is 0 Å². The van der Waals surface area contributed by atoms with Gasteiger partial charge in [0.2, 0.25) is 5.91 Å². The van der Waals surface area contributed by atoms with E-state index >= 15 is 0 Å². The fourth-order valence-electron chi connectivity index (χ4n) is 1.79. The zero-order valence-corrected chi connectivity index (χ0v) is 11.1. The first kappa shape index (κ1) is 12.5. The Labute approximate surface area is 106 Å². The van der Waals surface area contributed by atoms with Gasteiger partial charge < -0.3 is 10.6 Å². The lowest BCUT2D eigenvalue weighted by atomic mass is 10.1. The summed E-state index contributed by atoms with van der Waals surface area (Å²) >= 11 is 1.61. The quantitative estimate of drug-likeness (QED) is 0.861. The van der Waals surface area contributed by atoms with Crippen molar-refractivity contribution in [3.8, 4) is 0 Å². The van der Waals surface area contributed by atoms with E-state index in [0.29, 0.717) is 11.8 Å². The molecule has 3 nitrogen and oxygen atoms in total. The molecule has 0 saturated carbocycles. The molecular weight excluding hydrogens is 232 g/mol. The van der Waals surface area contributed by atoms with E-state index in [4.69, 9.17) is 0 Å². The number of amides is 1. The minimum absolute atomic E-state index is 0.0972. The van der Waals surface area contributed by atoms with E-state index in [1.54, 1.807) is 11.8 Å². The van der Waals surface area contributed by atoms with Crippen LogP contribution in [0.1, 0.15) is 19.4 Å². The van der Waals surface area contributed by atoms with Crippen LogP contribution in [-0.4, -0.2) is 24.2 Å². The molecule has 2 N–H and O–H groups in total. The summed E-state index contributed by atoms with van der Waals surface area (Å²) in [5, 5.41) is 6.31. The second-order valence-electron chi connectivity index (χ2n) is 4.53. The van der Waals surface area contributed by atoms with Crippen LogP contribution < -0.4 is 10.6 Å². The number of hydrogen-bond acceptors (Lipinski definition) is 3. The lowest BCUT2D eigenvalue weighted by Crippen LogP contribution is -2.25. The highest BCUT2D eigenvalue weighted by molar-refractivity contribution is 8.00. The number of anilines is 1. The molecule has 1 aromatic carbocycles. The predicted octanol–water partition coefficient (Wildman–Crippen LogP) is 2.27. The molecule has 0 saturated heterocycles. The Morgan fingerprint density at radius 3 is 3.06 bits per heavy atom. The molecule has 1 heterocycles. The third kappa shape index (κ3) is 3.48. The molecule has 0 radical (unpaired) electrons. The maximum atomic E-state index is 11.3. The van der Waals surface area contributed by atoms with E-state index < -0.39 is 0 Å². The fraction of sp³-hybridized carbons (Fsp3) is 0.462. The van der Waals surface area contributed by atoms with Crippen molar-refractivity contribution in [3.63, 3.8) is 0 Å². The number of nitrogens with one attached hydrogen (secondary N) is 2. The van der Waals surface area contributed by atoms with Gasteiger partial charge in [-0.3, -0.25) is 4.79 Å². The van der Waals surface area contributed by atoms with E-state index in [0.717, 1.165) is 18.7 Å². The zero-order chi connectivity index (χ0) is 12.3. The largest absolute Gasteiger partial charge is 0.324 e. The van der Waals surface area contributed by atoms with Gasteiger partial charge in [-0.05, 0) is 30.7 Å². The minimum Gasteiger partial charge on any atom is -0.324 e. The number of hydrogen-bond donors (Lipinski definition) is 2. The number of fused-ring (bicyclic) bond motifs is 1. The lowest BCUT2D eigenvalue weighted by molar-refractivity contribution is -0.113. The number of carbonyl (C=O) groups excluding carboxylic acids is 1. The van der Waals surface area contributed by atoms with Crippen LogP contribution in [-0.2, 0) is 11.2 Å². The molecule has 1 aliphatic heterocycles. The molecular formula is C13H18N2OS. The Hall–Kier alpha value is -1.000. The fourth-order valence-corrected chi connectivity index (χ4v) is 2.58. The van der Waals surface area contributed by atoms with E-state index in [-0.39, 0.29) is 5.91 Å². The van der Waals surface area contributed by atoms with Crippen molar-refractivity contribution in [1.29, 1.82) is 0 Å². The van der Waals surface area contributed by atoms with Crippen LogP contribution in [0, 0.1) is 0 Å². The van der Waals surface area contributed by atoms with Gasteiger partial charge >= 0.3 is 0 Å². The minimum atomic E-state index is 0.0972. The maximum absolute atomic E-state index is 11.3. The van der Waals surface area contributed by atoms with Crippen molar-refractivity contribution in [2.75, 3.05) is 17.6 Å². The van der Waals surface area contributed by atoms with Gasteiger partial charge in [0.1, 0.15) is 0 Å². The maximum Gasteiger partial charge on any atom is 0.234 e. The highest BCUT2D eigenvalue weighted by Gasteiger charge is 2.15. The second-order valence-corrected chi connectivity index (χ2v) is 5.54. The Morgan fingerprint density at radius 2 is 2.29 bits per heavy atom. The van der Waals surface area contributed by atoms with Crippen molar-refractivity contribution >= 4 is 23.4 Å². The van der Waals surface area contributed by atoms with E-state index in [9.17, 15) is 4.79 Å². The van der Waals surface area contributed by atoms with Gasteiger partial charge in [0, 0.05) is 10.9 Å². The van der Waals surface area contributed by atoms with Crippen molar-refractivity contribution in [2.45, 2.75) is 31.2 Å². The molecule has 0 spiro atoms. The number of thioether (sulfide) groups is 1. The average molecular weight is 250 g/mol. The molecule has 17 heavy (non-hydrogen) atoms. The molecule has 0 bridgehead atoms. The molecule has 1 aromatic rings. The highest BCUT2D eigenvalue weighted by Crippen LogP contribution is 2.31. The van der Waals surface area contributed by atoms with Gasteiger partial charge in [0.15, 0.2) is 0 Å². The van der Waals surface area contributed by atoms with Crippen LogP contribution >= 0.6 is 11.8 Å². The zero-order valence-electron chi connectivity index (χ0n) is 10.2. The third-order valence-electron chi connectivity index (χ3n) is 2.64.